The number of anilines is 1. The van der Waals surface area contributed by atoms with Crippen LogP contribution in [-0.2, 0) is 11.3 Å². The van der Waals surface area contributed by atoms with Gasteiger partial charge in [0.1, 0.15) is 23.1 Å². The van der Waals surface area contributed by atoms with Gasteiger partial charge in [-0.15, -0.1) is 0 Å². The molecule has 9 nitrogen and oxygen atoms in total. The second-order valence-electron chi connectivity index (χ2n) is 9.01. The molecule has 9 heteroatoms. The molecule has 33 heavy (non-hydrogen) atoms. The molecule has 2 N–H and O–H groups in total. The van der Waals surface area contributed by atoms with E-state index in [1.807, 2.05) is 49.7 Å². The molecule has 3 aromatic rings. The third kappa shape index (κ3) is 6.15. The third-order valence-electron chi connectivity index (χ3n) is 5.13. The molecular formula is C24H29N5O4. The number of nitrogens with one attached hydrogen (secondary N) is 2. The average Bonchev–Trinajstić information content (AvgIpc) is 3.41. The van der Waals surface area contributed by atoms with Crippen LogP contribution in [-0.4, -0.2) is 51.2 Å². The summed E-state index contributed by atoms with van der Waals surface area (Å²) in [5, 5.41) is 5.65. The Bertz CT molecular complexity index is 1120. The molecule has 3 heterocycles. The van der Waals surface area contributed by atoms with Crippen LogP contribution in [0.1, 0.15) is 32.8 Å². The summed E-state index contributed by atoms with van der Waals surface area (Å²) in [4.78, 5) is 30.3. The molecule has 1 aliphatic heterocycles. The lowest BCUT2D eigenvalue weighted by Gasteiger charge is -2.24. The van der Waals surface area contributed by atoms with Crippen LogP contribution in [0, 0.1) is 0 Å². The van der Waals surface area contributed by atoms with Crippen LogP contribution in [0.2, 0.25) is 0 Å². The minimum Gasteiger partial charge on any atom is -0.489 e. The molecule has 0 aliphatic carbocycles. The van der Waals surface area contributed by atoms with Crippen LogP contribution in [0.25, 0.3) is 5.65 Å². The maximum Gasteiger partial charge on any atom is 0.410 e. The Kier molecular flexibility index (Phi) is 6.39. The van der Waals surface area contributed by atoms with Crippen LogP contribution in [0.15, 0.2) is 55.0 Å². The smallest absolute Gasteiger partial charge is 0.410 e. The summed E-state index contributed by atoms with van der Waals surface area (Å²) in [6, 6.07) is 10.7. The molecule has 1 fully saturated rings. The molecule has 0 spiro atoms. The monoisotopic (exact) mass is 451 g/mol. The van der Waals surface area contributed by atoms with Crippen molar-refractivity contribution in [3.8, 4) is 5.75 Å². The van der Waals surface area contributed by atoms with Gasteiger partial charge >= 0.3 is 12.1 Å². The first-order valence-corrected chi connectivity index (χ1v) is 11.0. The Morgan fingerprint density at radius 1 is 1.15 bits per heavy atom. The van der Waals surface area contributed by atoms with Gasteiger partial charge in [-0.1, -0.05) is 0 Å². The van der Waals surface area contributed by atoms with Gasteiger partial charge in [0, 0.05) is 43.8 Å². The molecule has 3 amide bonds. The number of hydrogen-bond donors (Lipinski definition) is 2. The van der Waals surface area contributed by atoms with Crippen molar-refractivity contribution in [3.63, 3.8) is 0 Å². The van der Waals surface area contributed by atoms with Crippen LogP contribution in [0.4, 0.5) is 15.3 Å². The zero-order valence-corrected chi connectivity index (χ0v) is 19.1. The Morgan fingerprint density at radius 3 is 2.70 bits per heavy atom. The summed E-state index contributed by atoms with van der Waals surface area (Å²) in [6.45, 7) is 7.04. The Balaban J connectivity index is 1.22. The Hall–Kier alpha value is -3.75. The highest BCUT2D eigenvalue weighted by atomic mass is 16.6. The van der Waals surface area contributed by atoms with Gasteiger partial charge in [-0.25, -0.2) is 14.6 Å². The van der Waals surface area contributed by atoms with E-state index in [2.05, 4.69) is 15.6 Å². The second-order valence-corrected chi connectivity index (χ2v) is 9.01. The number of aromatic nitrogens is 2. The van der Waals surface area contributed by atoms with Gasteiger partial charge in [-0.2, -0.15) is 0 Å². The number of carbonyl (C=O) groups excluding carboxylic acids is 2. The molecule has 1 saturated heterocycles. The van der Waals surface area contributed by atoms with E-state index in [1.165, 1.54) is 0 Å². The number of nitrogens with zero attached hydrogens (tertiary/aromatic N) is 3. The molecule has 4 rings (SSSR count). The van der Waals surface area contributed by atoms with E-state index >= 15 is 0 Å². The first-order chi connectivity index (χ1) is 15.7. The number of carbonyl (C=O) groups is 2. The molecule has 0 bridgehead atoms. The fourth-order valence-corrected chi connectivity index (χ4v) is 3.55. The molecule has 0 radical (unpaired) electrons. The van der Waals surface area contributed by atoms with E-state index in [9.17, 15) is 9.59 Å². The molecular weight excluding hydrogens is 422 g/mol. The number of pyridine rings is 1. The summed E-state index contributed by atoms with van der Waals surface area (Å²) in [5.74, 6) is 0.685. The van der Waals surface area contributed by atoms with Crippen LogP contribution in [0.3, 0.4) is 0 Å². The molecule has 1 atom stereocenters. The minimum atomic E-state index is -0.515. The number of fused-ring (bicyclic) bond motifs is 1. The van der Waals surface area contributed by atoms with Gasteiger partial charge in [0.2, 0.25) is 0 Å². The van der Waals surface area contributed by atoms with Crippen molar-refractivity contribution in [2.45, 2.75) is 45.4 Å². The molecule has 1 aromatic carbocycles. The van der Waals surface area contributed by atoms with Gasteiger partial charge in [0.25, 0.3) is 0 Å². The van der Waals surface area contributed by atoms with Crippen LogP contribution >= 0.6 is 0 Å². The normalized spacial score (nSPS) is 16.0. The zero-order chi connectivity index (χ0) is 23.4. The lowest BCUT2D eigenvalue weighted by atomic mass is 10.2. The van der Waals surface area contributed by atoms with Gasteiger partial charge < -0.3 is 29.4 Å². The van der Waals surface area contributed by atoms with E-state index in [-0.39, 0.29) is 18.2 Å². The molecule has 2 aromatic heterocycles. The Labute approximate surface area is 192 Å². The summed E-state index contributed by atoms with van der Waals surface area (Å²) in [6.07, 6.45) is 5.85. The molecule has 0 saturated carbocycles. The molecule has 174 valence electrons. The lowest BCUT2D eigenvalue weighted by molar-refractivity contribution is 0.0275. The first-order valence-electron chi connectivity index (χ1n) is 11.0. The number of urea groups is 1. The van der Waals surface area contributed by atoms with Crippen LogP contribution < -0.4 is 15.4 Å². The number of ether oxygens (including phenoxy) is 2. The number of amides is 3. The quantitative estimate of drug-likeness (QED) is 0.610. The summed E-state index contributed by atoms with van der Waals surface area (Å²) < 4.78 is 13.3. The minimum absolute atomic E-state index is 0.0907. The fourth-order valence-electron chi connectivity index (χ4n) is 3.55. The van der Waals surface area contributed by atoms with E-state index in [4.69, 9.17) is 9.47 Å². The largest absolute Gasteiger partial charge is 0.489 e. The van der Waals surface area contributed by atoms with Gasteiger partial charge in [-0.3, -0.25) is 0 Å². The van der Waals surface area contributed by atoms with Gasteiger partial charge in [0.15, 0.2) is 0 Å². The number of likely N-dealkylation sites (tertiary alicyclic amines) is 1. The molecule has 1 aliphatic rings. The zero-order valence-electron chi connectivity index (χ0n) is 19.1. The third-order valence-corrected chi connectivity index (χ3v) is 5.13. The lowest BCUT2D eigenvalue weighted by Crippen LogP contribution is -2.36. The first kappa shape index (κ1) is 22.4. The van der Waals surface area contributed by atoms with Crippen molar-refractivity contribution in [1.29, 1.82) is 0 Å². The average molecular weight is 452 g/mol. The van der Waals surface area contributed by atoms with E-state index in [1.54, 1.807) is 35.4 Å². The summed E-state index contributed by atoms with van der Waals surface area (Å²) in [7, 11) is 0. The highest BCUT2D eigenvalue weighted by Crippen LogP contribution is 2.22. The predicted octanol–water partition coefficient (Wildman–Crippen LogP) is 4.04. The highest BCUT2D eigenvalue weighted by Gasteiger charge is 2.30. The van der Waals surface area contributed by atoms with E-state index in [0.717, 1.165) is 17.6 Å². The number of imidazole rings is 1. The molecule has 0 unspecified atom stereocenters. The standard InChI is InChI=1S/C24H29N5O4/c1-24(2,3)33-23(31)29-12-9-20(16-29)32-19-6-4-18(5-7-19)27-22(30)26-15-17-8-11-28-13-10-25-21(28)14-17/h4-8,10-11,13-14,20H,9,12,15-16H2,1-3H3,(H2,26,27,30)/t20-/m0/s1. The second kappa shape index (κ2) is 9.40. The fraction of sp³-hybridized carbons (Fsp3) is 0.375. The van der Waals surface area contributed by atoms with E-state index < -0.39 is 5.60 Å². The highest BCUT2D eigenvalue weighted by molar-refractivity contribution is 5.89. The van der Waals surface area contributed by atoms with Gasteiger partial charge in [-0.05, 0) is 62.7 Å². The summed E-state index contributed by atoms with van der Waals surface area (Å²) in [5.41, 5.74) is 1.94. The van der Waals surface area contributed by atoms with Crippen molar-refractivity contribution in [3.05, 3.63) is 60.6 Å². The van der Waals surface area contributed by atoms with Crippen molar-refractivity contribution in [2.24, 2.45) is 0 Å². The van der Waals surface area contributed by atoms with Crippen molar-refractivity contribution < 1.29 is 19.1 Å². The van der Waals surface area contributed by atoms with Crippen molar-refractivity contribution >= 4 is 23.5 Å². The number of hydrogen-bond acceptors (Lipinski definition) is 5. The number of benzene rings is 1. The van der Waals surface area contributed by atoms with Crippen molar-refractivity contribution in [2.75, 3.05) is 18.4 Å². The summed E-state index contributed by atoms with van der Waals surface area (Å²) >= 11 is 0. The van der Waals surface area contributed by atoms with E-state index in [0.29, 0.717) is 31.1 Å². The topological polar surface area (TPSA) is 97.2 Å². The Morgan fingerprint density at radius 2 is 1.94 bits per heavy atom. The maximum atomic E-state index is 12.2. The predicted molar refractivity (Wildman–Crippen MR) is 124 cm³/mol. The maximum absolute atomic E-state index is 12.2. The van der Waals surface area contributed by atoms with Crippen LogP contribution in [0.5, 0.6) is 5.75 Å². The van der Waals surface area contributed by atoms with Crippen molar-refractivity contribution in [1.82, 2.24) is 19.6 Å². The number of rotatable bonds is 5. The van der Waals surface area contributed by atoms with Gasteiger partial charge in [0.05, 0.1) is 6.54 Å². The SMILES string of the molecule is CC(C)(C)OC(=O)N1CC[C@H](Oc2ccc(NC(=O)NCc3ccn4ccnc4c3)cc2)C1.